The van der Waals surface area contributed by atoms with Crippen LogP contribution < -0.4 is 0 Å². The molecule has 0 amide bonds. The van der Waals surface area contributed by atoms with Gasteiger partial charge in [0.1, 0.15) is 12.4 Å². The van der Waals surface area contributed by atoms with Gasteiger partial charge in [0.2, 0.25) is 0 Å². The van der Waals surface area contributed by atoms with Crippen molar-refractivity contribution in [1.82, 2.24) is 0 Å². The van der Waals surface area contributed by atoms with E-state index in [-0.39, 0.29) is 18.5 Å². The third-order valence-electron chi connectivity index (χ3n) is 2.45. The Bertz CT molecular complexity index is 374. The number of benzene rings is 1. The van der Waals surface area contributed by atoms with Crippen molar-refractivity contribution in [1.29, 1.82) is 0 Å². The molecule has 0 aliphatic rings. The van der Waals surface area contributed by atoms with Gasteiger partial charge in [0.25, 0.3) is 0 Å². The topological polar surface area (TPSA) is 26.3 Å². The minimum atomic E-state index is -0.397. The highest BCUT2D eigenvalue weighted by Gasteiger charge is 2.10. The molecule has 3 heteroatoms. The van der Waals surface area contributed by atoms with Crippen LogP contribution in [-0.2, 0) is 4.74 Å². The van der Waals surface area contributed by atoms with E-state index in [9.17, 15) is 9.18 Å². The quantitative estimate of drug-likeness (QED) is 0.709. The molecule has 1 aromatic rings. The molecule has 0 aromatic heterocycles. The van der Waals surface area contributed by atoms with E-state index in [2.05, 4.69) is 13.8 Å². The molecule has 0 spiro atoms. The van der Waals surface area contributed by atoms with Gasteiger partial charge in [-0.3, -0.25) is 4.79 Å². The van der Waals surface area contributed by atoms with Gasteiger partial charge < -0.3 is 4.74 Å². The van der Waals surface area contributed by atoms with E-state index in [0.29, 0.717) is 11.5 Å². The Kier molecular flexibility index (Phi) is 5.29. The molecule has 0 N–H and O–H groups in total. The van der Waals surface area contributed by atoms with Crippen LogP contribution in [0, 0.1) is 11.7 Å². The molecule has 0 bridgehead atoms. The summed E-state index contributed by atoms with van der Waals surface area (Å²) in [5.41, 5.74) is 0.363. The van der Waals surface area contributed by atoms with E-state index < -0.39 is 5.82 Å². The first-order valence-corrected chi connectivity index (χ1v) is 5.89. The lowest BCUT2D eigenvalue weighted by Crippen LogP contribution is -2.17. The molecule has 1 aromatic carbocycles. The fourth-order valence-electron chi connectivity index (χ4n) is 1.70. The van der Waals surface area contributed by atoms with Crippen LogP contribution in [-0.4, -0.2) is 18.5 Å². The third-order valence-corrected chi connectivity index (χ3v) is 2.45. The number of carbonyl (C=O) groups is 1. The molecule has 1 atom stereocenters. The summed E-state index contributed by atoms with van der Waals surface area (Å²) in [6, 6.07) is 5.68. The number of ether oxygens (including phenoxy) is 1. The molecule has 0 fully saturated rings. The molecule has 0 heterocycles. The molecule has 0 aliphatic carbocycles. The zero-order valence-corrected chi connectivity index (χ0v) is 10.6. The minimum Gasteiger partial charge on any atom is -0.370 e. The van der Waals surface area contributed by atoms with E-state index in [0.717, 1.165) is 6.42 Å². The summed E-state index contributed by atoms with van der Waals surface area (Å²) >= 11 is 0. The second-order valence-electron chi connectivity index (χ2n) is 4.68. The van der Waals surface area contributed by atoms with E-state index in [1.807, 2.05) is 6.92 Å². The van der Waals surface area contributed by atoms with Gasteiger partial charge in [0.05, 0.1) is 6.10 Å². The van der Waals surface area contributed by atoms with Crippen LogP contribution in [0.2, 0.25) is 0 Å². The molecule has 0 radical (unpaired) electrons. The van der Waals surface area contributed by atoms with Crippen LogP contribution in [0.4, 0.5) is 4.39 Å². The Balaban J connectivity index is 2.45. The average Bonchev–Trinajstić information content (AvgIpc) is 2.25. The molecular weight excluding hydrogens is 219 g/mol. The first-order chi connectivity index (χ1) is 7.99. The van der Waals surface area contributed by atoms with Crippen LogP contribution in [0.3, 0.4) is 0 Å². The van der Waals surface area contributed by atoms with Gasteiger partial charge in [-0.2, -0.15) is 0 Å². The second-order valence-corrected chi connectivity index (χ2v) is 4.68. The largest absolute Gasteiger partial charge is 0.370 e. The van der Waals surface area contributed by atoms with E-state index in [1.165, 1.54) is 18.2 Å². The van der Waals surface area contributed by atoms with Gasteiger partial charge in [0, 0.05) is 5.56 Å². The molecular formula is C14H19FO2. The fourth-order valence-corrected chi connectivity index (χ4v) is 1.70. The first kappa shape index (κ1) is 13.8. The number of rotatable bonds is 6. The molecule has 2 nitrogen and oxygen atoms in total. The fraction of sp³-hybridized carbons (Fsp3) is 0.500. The maximum Gasteiger partial charge on any atom is 0.188 e. The molecule has 94 valence electrons. The summed E-state index contributed by atoms with van der Waals surface area (Å²) in [6.07, 6.45) is 0.962. The lowest BCUT2D eigenvalue weighted by Gasteiger charge is -2.14. The van der Waals surface area contributed by atoms with Crippen LogP contribution in [0.15, 0.2) is 24.3 Å². The molecule has 1 unspecified atom stereocenters. The number of halogens is 1. The Morgan fingerprint density at radius 3 is 2.65 bits per heavy atom. The zero-order chi connectivity index (χ0) is 12.8. The maximum atomic E-state index is 12.9. The Morgan fingerprint density at radius 1 is 1.35 bits per heavy atom. The summed E-state index contributed by atoms with van der Waals surface area (Å²) < 4.78 is 18.3. The van der Waals surface area contributed by atoms with E-state index in [1.54, 1.807) is 6.07 Å². The van der Waals surface area contributed by atoms with Gasteiger partial charge in [-0.1, -0.05) is 26.0 Å². The van der Waals surface area contributed by atoms with Crippen LogP contribution in [0.1, 0.15) is 37.6 Å². The minimum absolute atomic E-state index is 0.0112. The normalized spacial score (nSPS) is 12.8. The van der Waals surface area contributed by atoms with Crippen molar-refractivity contribution in [3.8, 4) is 0 Å². The predicted molar refractivity (Wildman–Crippen MR) is 65.6 cm³/mol. The molecule has 1 rings (SSSR count). The molecule has 0 saturated carbocycles. The van der Waals surface area contributed by atoms with Crippen LogP contribution in [0.5, 0.6) is 0 Å². The number of Topliss-reactive ketones (excluding diaryl/α,β-unsaturated/α-hetero) is 1. The van der Waals surface area contributed by atoms with Gasteiger partial charge in [-0.05, 0) is 31.4 Å². The Labute approximate surface area is 102 Å². The van der Waals surface area contributed by atoms with Crippen molar-refractivity contribution in [2.24, 2.45) is 5.92 Å². The average molecular weight is 238 g/mol. The summed E-state index contributed by atoms with van der Waals surface area (Å²) in [5, 5.41) is 0. The zero-order valence-electron chi connectivity index (χ0n) is 10.6. The summed E-state index contributed by atoms with van der Waals surface area (Å²) in [5.74, 6) is -0.0412. The lowest BCUT2D eigenvalue weighted by molar-refractivity contribution is 0.0444. The van der Waals surface area contributed by atoms with Crippen molar-refractivity contribution in [3.63, 3.8) is 0 Å². The van der Waals surface area contributed by atoms with E-state index >= 15 is 0 Å². The Morgan fingerprint density at radius 2 is 2.06 bits per heavy atom. The van der Waals surface area contributed by atoms with Gasteiger partial charge >= 0.3 is 0 Å². The molecule has 0 aliphatic heterocycles. The summed E-state index contributed by atoms with van der Waals surface area (Å²) in [4.78, 5) is 11.7. The summed E-state index contributed by atoms with van der Waals surface area (Å²) in [6.45, 7) is 6.17. The highest BCUT2D eigenvalue weighted by molar-refractivity contribution is 5.97. The standard InChI is InChI=1S/C14H19FO2/c1-10(2)7-11(3)17-9-14(16)12-5-4-6-13(15)8-12/h4-6,8,10-11H,7,9H2,1-3H3. The van der Waals surface area contributed by atoms with Gasteiger partial charge in [0.15, 0.2) is 5.78 Å². The lowest BCUT2D eigenvalue weighted by atomic mass is 10.1. The van der Waals surface area contributed by atoms with Crippen LogP contribution >= 0.6 is 0 Å². The SMILES string of the molecule is CC(C)CC(C)OCC(=O)c1cccc(F)c1. The summed E-state index contributed by atoms with van der Waals surface area (Å²) in [7, 11) is 0. The first-order valence-electron chi connectivity index (χ1n) is 5.89. The highest BCUT2D eigenvalue weighted by atomic mass is 19.1. The van der Waals surface area contributed by atoms with Crippen LogP contribution in [0.25, 0.3) is 0 Å². The van der Waals surface area contributed by atoms with Crippen molar-refractivity contribution >= 4 is 5.78 Å². The highest BCUT2D eigenvalue weighted by Crippen LogP contribution is 2.09. The van der Waals surface area contributed by atoms with Crippen molar-refractivity contribution in [2.75, 3.05) is 6.61 Å². The van der Waals surface area contributed by atoms with E-state index in [4.69, 9.17) is 4.74 Å². The second kappa shape index (κ2) is 6.50. The van der Waals surface area contributed by atoms with Gasteiger partial charge in [-0.25, -0.2) is 4.39 Å². The number of carbonyl (C=O) groups excluding carboxylic acids is 1. The smallest absolute Gasteiger partial charge is 0.188 e. The van der Waals surface area contributed by atoms with Crippen molar-refractivity contribution in [3.05, 3.63) is 35.6 Å². The number of ketones is 1. The third kappa shape index (κ3) is 5.09. The number of hydrogen-bond donors (Lipinski definition) is 0. The predicted octanol–water partition coefficient (Wildman–Crippen LogP) is 3.46. The number of hydrogen-bond acceptors (Lipinski definition) is 2. The molecule has 17 heavy (non-hydrogen) atoms. The van der Waals surface area contributed by atoms with Gasteiger partial charge in [-0.15, -0.1) is 0 Å². The van der Waals surface area contributed by atoms with Crippen molar-refractivity contribution < 1.29 is 13.9 Å². The monoisotopic (exact) mass is 238 g/mol. The maximum absolute atomic E-state index is 12.9. The molecule has 0 saturated heterocycles. The van der Waals surface area contributed by atoms with Crippen molar-refractivity contribution in [2.45, 2.75) is 33.3 Å². The Hall–Kier alpha value is -1.22.